The fourth-order valence-electron chi connectivity index (χ4n) is 1.78. The number of halogens is 1. The van der Waals surface area contributed by atoms with Crippen LogP contribution < -0.4 is 11.2 Å². The lowest BCUT2D eigenvalue weighted by molar-refractivity contribution is 0.00578. The van der Waals surface area contributed by atoms with Crippen LogP contribution >= 0.6 is 11.6 Å². The summed E-state index contributed by atoms with van der Waals surface area (Å²) in [5.41, 5.74) is 6.70. The van der Waals surface area contributed by atoms with Gasteiger partial charge in [-0.05, 0) is 40.2 Å². The predicted octanol–water partition coefficient (Wildman–Crippen LogP) is 1.92. The molecule has 6 heteroatoms. The number of hydrogen-bond acceptors (Lipinski definition) is 4. The summed E-state index contributed by atoms with van der Waals surface area (Å²) in [6.07, 6.45) is 0. The summed E-state index contributed by atoms with van der Waals surface area (Å²) in [7, 11) is -0.501. The van der Waals surface area contributed by atoms with Gasteiger partial charge in [0.2, 0.25) is 0 Å². The first kappa shape index (κ1) is 13.7. The van der Waals surface area contributed by atoms with Crippen molar-refractivity contribution in [3.8, 4) is 0 Å². The van der Waals surface area contributed by atoms with Gasteiger partial charge in [0.05, 0.1) is 11.2 Å². The van der Waals surface area contributed by atoms with Gasteiger partial charge in [-0.1, -0.05) is 17.7 Å². The van der Waals surface area contributed by atoms with Gasteiger partial charge in [-0.25, -0.2) is 4.98 Å². The summed E-state index contributed by atoms with van der Waals surface area (Å²) in [6, 6.07) is 1.87. The first-order valence-corrected chi connectivity index (χ1v) is 6.30. The Balaban J connectivity index is 2.38. The molecule has 2 N–H and O–H groups in total. The number of hydrogen-bond donors (Lipinski definition) is 1. The van der Waals surface area contributed by atoms with Crippen molar-refractivity contribution in [2.24, 2.45) is 0 Å². The molecule has 1 aromatic heterocycles. The SMILES string of the molecule is Cc1cc(B2OC(C)(C)C(C)(C)O2)c(N)nc1Cl. The second kappa shape index (κ2) is 4.12. The van der Waals surface area contributed by atoms with E-state index in [2.05, 4.69) is 4.98 Å². The average Bonchev–Trinajstić information content (AvgIpc) is 2.42. The maximum atomic E-state index is 5.94. The lowest BCUT2D eigenvalue weighted by Gasteiger charge is -2.32. The molecule has 1 fully saturated rings. The number of rotatable bonds is 1. The number of anilines is 1. The number of nitrogen functional groups attached to an aromatic ring is 1. The van der Waals surface area contributed by atoms with E-state index in [0.717, 1.165) is 11.0 Å². The zero-order valence-corrected chi connectivity index (χ0v) is 12.1. The van der Waals surface area contributed by atoms with Gasteiger partial charge in [-0.2, -0.15) is 0 Å². The zero-order chi connectivity index (χ0) is 13.7. The summed E-state index contributed by atoms with van der Waals surface area (Å²) in [5.74, 6) is 0.351. The van der Waals surface area contributed by atoms with E-state index in [-0.39, 0.29) is 0 Å². The standard InChI is InChI=1S/C12H18BClN2O2/c1-7-6-8(10(15)16-9(7)14)13-17-11(2,3)12(4,5)18-13/h6H,1-5H3,(H2,15,16). The molecule has 4 nitrogen and oxygen atoms in total. The van der Waals surface area contributed by atoms with Crippen molar-refractivity contribution >= 4 is 30.0 Å². The van der Waals surface area contributed by atoms with Crippen LogP contribution in [0.3, 0.4) is 0 Å². The highest BCUT2D eigenvalue weighted by Gasteiger charge is 2.52. The monoisotopic (exact) mass is 268 g/mol. The molecule has 0 spiro atoms. The second-order valence-electron chi connectivity index (χ2n) is 5.66. The lowest BCUT2D eigenvalue weighted by Crippen LogP contribution is -2.41. The molecule has 0 unspecified atom stereocenters. The van der Waals surface area contributed by atoms with Crippen LogP contribution in [-0.4, -0.2) is 23.3 Å². The van der Waals surface area contributed by atoms with E-state index in [4.69, 9.17) is 26.6 Å². The van der Waals surface area contributed by atoms with Crippen molar-refractivity contribution in [2.45, 2.75) is 45.8 Å². The van der Waals surface area contributed by atoms with Crippen LogP contribution in [0, 0.1) is 6.92 Å². The van der Waals surface area contributed by atoms with Gasteiger partial charge in [0.15, 0.2) is 0 Å². The molecule has 1 aliphatic rings. The molecule has 2 rings (SSSR count). The Morgan fingerprint density at radius 2 is 1.72 bits per heavy atom. The third-order valence-electron chi connectivity index (χ3n) is 3.72. The molecule has 1 aliphatic heterocycles. The molecule has 0 aromatic carbocycles. The quantitative estimate of drug-likeness (QED) is 0.624. The zero-order valence-electron chi connectivity index (χ0n) is 11.4. The average molecular weight is 269 g/mol. The van der Waals surface area contributed by atoms with Gasteiger partial charge in [-0.15, -0.1) is 0 Å². The van der Waals surface area contributed by atoms with Crippen molar-refractivity contribution in [3.05, 3.63) is 16.8 Å². The van der Waals surface area contributed by atoms with E-state index in [1.54, 1.807) is 0 Å². The first-order valence-electron chi connectivity index (χ1n) is 5.92. The van der Waals surface area contributed by atoms with Crippen molar-refractivity contribution < 1.29 is 9.31 Å². The summed E-state index contributed by atoms with van der Waals surface area (Å²) < 4.78 is 11.9. The van der Waals surface area contributed by atoms with Gasteiger partial charge >= 0.3 is 7.12 Å². The third-order valence-corrected chi connectivity index (χ3v) is 4.10. The Bertz CT molecular complexity index is 475. The Morgan fingerprint density at radius 1 is 1.22 bits per heavy atom. The van der Waals surface area contributed by atoms with E-state index >= 15 is 0 Å². The molecule has 0 saturated carbocycles. The normalized spacial score (nSPS) is 21.3. The molecule has 1 saturated heterocycles. The topological polar surface area (TPSA) is 57.4 Å². The maximum Gasteiger partial charge on any atom is 0.498 e. The number of pyridine rings is 1. The van der Waals surface area contributed by atoms with Crippen LogP contribution in [-0.2, 0) is 9.31 Å². The maximum absolute atomic E-state index is 5.94. The van der Waals surface area contributed by atoms with E-state index in [1.807, 2.05) is 40.7 Å². The molecule has 0 atom stereocenters. The minimum atomic E-state index is -0.501. The van der Waals surface area contributed by atoms with Crippen LogP contribution in [0.2, 0.25) is 5.15 Å². The molecule has 2 heterocycles. The van der Waals surface area contributed by atoms with E-state index in [9.17, 15) is 0 Å². The smallest absolute Gasteiger partial charge is 0.399 e. The van der Waals surface area contributed by atoms with Gasteiger partial charge < -0.3 is 15.0 Å². The third kappa shape index (κ3) is 2.11. The Labute approximate surface area is 113 Å². The van der Waals surface area contributed by atoms with Crippen LogP contribution in [0.1, 0.15) is 33.3 Å². The summed E-state index contributed by atoms with van der Waals surface area (Å²) in [5, 5.41) is 0.410. The van der Waals surface area contributed by atoms with Gasteiger partial charge in [0.25, 0.3) is 0 Å². The van der Waals surface area contributed by atoms with Crippen molar-refractivity contribution in [2.75, 3.05) is 5.73 Å². The Hall–Kier alpha value is -0.775. The summed E-state index contributed by atoms with van der Waals surface area (Å²) >= 11 is 5.93. The van der Waals surface area contributed by atoms with E-state index in [1.165, 1.54) is 0 Å². The van der Waals surface area contributed by atoms with E-state index < -0.39 is 18.3 Å². The largest absolute Gasteiger partial charge is 0.498 e. The van der Waals surface area contributed by atoms with Gasteiger partial charge in [-0.3, -0.25) is 0 Å². The fourth-order valence-corrected chi connectivity index (χ4v) is 1.93. The van der Waals surface area contributed by atoms with Gasteiger partial charge in [0, 0.05) is 5.46 Å². The molecule has 0 amide bonds. The van der Waals surface area contributed by atoms with Crippen molar-refractivity contribution in [1.29, 1.82) is 0 Å². The van der Waals surface area contributed by atoms with Gasteiger partial charge in [0.1, 0.15) is 11.0 Å². The molecule has 0 bridgehead atoms. The molecule has 18 heavy (non-hydrogen) atoms. The number of aryl methyl sites for hydroxylation is 1. The van der Waals surface area contributed by atoms with Crippen LogP contribution in [0.15, 0.2) is 6.07 Å². The van der Waals surface area contributed by atoms with E-state index in [0.29, 0.717) is 11.0 Å². The van der Waals surface area contributed by atoms with Crippen molar-refractivity contribution in [1.82, 2.24) is 4.98 Å². The fraction of sp³-hybridized carbons (Fsp3) is 0.583. The highest BCUT2D eigenvalue weighted by Crippen LogP contribution is 2.36. The molecule has 1 aromatic rings. The summed E-state index contributed by atoms with van der Waals surface area (Å²) in [6.45, 7) is 9.88. The molecule has 0 radical (unpaired) electrons. The van der Waals surface area contributed by atoms with Crippen LogP contribution in [0.5, 0.6) is 0 Å². The summed E-state index contributed by atoms with van der Waals surface area (Å²) in [4.78, 5) is 4.10. The highest BCUT2D eigenvalue weighted by molar-refractivity contribution is 6.63. The molecular formula is C12H18BClN2O2. The lowest BCUT2D eigenvalue weighted by atomic mass is 9.79. The Morgan fingerprint density at radius 3 is 2.22 bits per heavy atom. The number of nitrogens with two attached hydrogens (primary N) is 1. The second-order valence-corrected chi connectivity index (χ2v) is 6.02. The van der Waals surface area contributed by atoms with Crippen LogP contribution in [0.4, 0.5) is 5.82 Å². The minimum absolute atomic E-state index is 0.351. The van der Waals surface area contributed by atoms with Crippen LogP contribution in [0.25, 0.3) is 0 Å². The predicted molar refractivity (Wildman–Crippen MR) is 74.1 cm³/mol. The molecular weight excluding hydrogens is 250 g/mol. The number of nitrogens with zero attached hydrogens (tertiary/aromatic N) is 1. The minimum Gasteiger partial charge on any atom is -0.399 e. The highest BCUT2D eigenvalue weighted by atomic mass is 35.5. The number of aromatic nitrogens is 1. The van der Waals surface area contributed by atoms with Crippen molar-refractivity contribution in [3.63, 3.8) is 0 Å². The molecule has 98 valence electrons. The Kier molecular flexibility index (Phi) is 3.12. The first-order chi connectivity index (χ1) is 8.14. The molecule has 0 aliphatic carbocycles.